The fraction of sp³-hybridized carbons (Fsp3) is 0.471. The first-order valence-electron chi connectivity index (χ1n) is 7.97. The van der Waals surface area contributed by atoms with Gasteiger partial charge >= 0.3 is 5.97 Å². The summed E-state index contributed by atoms with van der Waals surface area (Å²) in [5, 5.41) is 2.45. The summed E-state index contributed by atoms with van der Waals surface area (Å²) in [7, 11) is -3.67. The smallest absolute Gasteiger partial charge is 0.316 e. The van der Waals surface area contributed by atoms with E-state index in [0.717, 1.165) is 6.26 Å². The van der Waals surface area contributed by atoms with Crippen LogP contribution in [0.15, 0.2) is 18.2 Å². The Hall–Kier alpha value is -2.42. The molecular formula is C17H24N2O6S. The largest absolute Gasteiger partial charge is 0.424 e. The van der Waals surface area contributed by atoms with E-state index in [0.29, 0.717) is 0 Å². The van der Waals surface area contributed by atoms with Crippen molar-refractivity contribution in [3.8, 4) is 5.75 Å². The van der Waals surface area contributed by atoms with E-state index in [1.165, 1.54) is 18.2 Å². The highest BCUT2D eigenvalue weighted by molar-refractivity contribution is 7.92. The Labute approximate surface area is 153 Å². The zero-order chi connectivity index (χ0) is 20.1. The minimum atomic E-state index is -3.67. The van der Waals surface area contributed by atoms with Crippen molar-refractivity contribution in [1.82, 2.24) is 5.32 Å². The average molecular weight is 384 g/mol. The molecule has 0 aliphatic heterocycles. The van der Waals surface area contributed by atoms with Gasteiger partial charge in [-0.1, -0.05) is 6.92 Å². The van der Waals surface area contributed by atoms with Crippen molar-refractivity contribution in [2.24, 2.45) is 5.41 Å². The van der Waals surface area contributed by atoms with Crippen molar-refractivity contribution in [2.45, 2.75) is 34.1 Å². The molecule has 0 aliphatic carbocycles. The van der Waals surface area contributed by atoms with Crippen LogP contribution < -0.4 is 14.8 Å². The molecule has 0 spiro atoms. The Morgan fingerprint density at radius 1 is 1.15 bits per heavy atom. The number of esters is 1. The number of ketones is 1. The van der Waals surface area contributed by atoms with Gasteiger partial charge < -0.3 is 10.1 Å². The lowest BCUT2D eigenvalue weighted by Crippen LogP contribution is -2.29. The maximum absolute atomic E-state index is 12.2. The van der Waals surface area contributed by atoms with E-state index in [1.807, 2.05) is 0 Å². The van der Waals surface area contributed by atoms with E-state index >= 15 is 0 Å². The number of Topliss-reactive ketones (excluding diaryl/α,β-unsaturated/α-hetero) is 1. The van der Waals surface area contributed by atoms with Crippen LogP contribution in [0.3, 0.4) is 0 Å². The molecule has 1 aromatic rings. The van der Waals surface area contributed by atoms with Gasteiger partial charge in [0.15, 0.2) is 11.5 Å². The second-order valence-corrected chi connectivity index (χ2v) is 8.53. The highest BCUT2D eigenvalue weighted by Crippen LogP contribution is 2.29. The van der Waals surface area contributed by atoms with E-state index in [-0.39, 0.29) is 35.9 Å². The van der Waals surface area contributed by atoms with E-state index < -0.39 is 27.2 Å². The van der Waals surface area contributed by atoms with Crippen LogP contribution in [0.1, 0.15) is 44.5 Å². The van der Waals surface area contributed by atoms with Crippen LogP contribution >= 0.6 is 0 Å². The molecular weight excluding hydrogens is 360 g/mol. The van der Waals surface area contributed by atoms with Gasteiger partial charge in [0.2, 0.25) is 15.9 Å². The molecule has 144 valence electrons. The number of rotatable bonds is 7. The van der Waals surface area contributed by atoms with Crippen LogP contribution in [0.2, 0.25) is 0 Å². The Bertz CT molecular complexity index is 809. The molecule has 0 atom stereocenters. The molecule has 1 amide bonds. The SMILES string of the molecule is CCC(=O)NCC(=O)c1ccc(OC(=O)C(C)(C)C)c(NS(C)(=O)=O)c1. The molecule has 26 heavy (non-hydrogen) atoms. The lowest BCUT2D eigenvalue weighted by Gasteiger charge is -2.18. The predicted octanol–water partition coefficient (Wildman–Crippen LogP) is 1.72. The topological polar surface area (TPSA) is 119 Å². The number of nitrogens with one attached hydrogen (secondary N) is 2. The molecule has 0 fully saturated rings. The number of hydrogen-bond acceptors (Lipinski definition) is 6. The summed E-state index contributed by atoms with van der Waals surface area (Å²) in [6.45, 7) is 6.42. The molecule has 0 unspecified atom stereocenters. The van der Waals surface area contributed by atoms with E-state index in [9.17, 15) is 22.8 Å². The first-order valence-corrected chi connectivity index (χ1v) is 9.86. The van der Waals surface area contributed by atoms with Crippen LogP contribution in [0.25, 0.3) is 0 Å². The average Bonchev–Trinajstić information content (AvgIpc) is 2.51. The number of hydrogen-bond donors (Lipinski definition) is 2. The number of carbonyl (C=O) groups excluding carboxylic acids is 3. The summed E-state index contributed by atoms with van der Waals surface area (Å²) < 4.78 is 30.6. The van der Waals surface area contributed by atoms with Gasteiger partial charge in [-0.25, -0.2) is 8.42 Å². The number of sulfonamides is 1. The summed E-state index contributed by atoms with van der Waals surface area (Å²) in [5.74, 6) is -1.24. The van der Waals surface area contributed by atoms with Gasteiger partial charge in [0.1, 0.15) is 0 Å². The maximum Gasteiger partial charge on any atom is 0.316 e. The number of carbonyl (C=O) groups is 3. The van der Waals surface area contributed by atoms with Crippen molar-refractivity contribution in [3.05, 3.63) is 23.8 Å². The second-order valence-electron chi connectivity index (χ2n) is 6.78. The van der Waals surface area contributed by atoms with Gasteiger partial charge in [-0.3, -0.25) is 19.1 Å². The number of anilines is 1. The Kier molecular flexibility index (Phi) is 6.91. The van der Waals surface area contributed by atoms with Gasteiger partial charge in [0.25, 0.3) is 0 Å². The Morgan fingerprint density at radius 2 is 1.77 bits per heavy atom. The van der Waals surface area contributed by atoms with Gasteiger partial charge in [-0.15, -0.1) is 0 Å². The lowest BCUT2D eigenvalue weighted by molar-refractivity contribution is -0.142. The standard InChI is InChI=1S/C17H24N2O6S/c1-6-15(21)18-10-13(20)11-7-8-14(25-16(22)17(2,3)4)12(9-11)19-26(5,23)24/h7-9,19H,6,10H2,1-5H3,(H,18,21). The third kappa shape index (κ3) is 6.83. The molecule has 0 aromatic heterocycles. The van der Waals surface area contributed by atoms with Crippen LogP contribution in [0, 0.1) is 5.41 Å². The van der Waals surface area contributed by atoms with Gasteiger partial charge in [0, 0.05) is 12.0 Å². The quantitative estimate of drug-likeness (QED) is 0.420. The zero-order valence-electron chi connectivity index (χ0n) is 15.5. The van der Waals surface area contributed by atoms with Crippen LogP contribution in [-0.2, 0) is 19.6 Å². The zero-order valence-corrected chi connectivity index (χ0v) is 16.3. The molecule has 0 aliphatic rings. The summed E-state index contributed by atoms with van der Waals surface area (Å²) in [4.78, 5) is 35.5. The molecule has 8 nitrogen and oxygen atoms in total. The monoisotopic (exact) mass is 384 g/mol. The molecule has 9 heteroatoms. The third-order valence-electron chi connectivity index (χ3n) is 3.18. The number of ether oxygens (including phenoxy) is 1. The molecule has 0 heterocycles. The van der Waals surface area contributed by atoms with Crippen molar-refractivity contribution in [2.75, 3.05) is 17.5 Å². The van der Waals surface area contributed by atoms with Gasteiger partial charge in [0.05, 0.1) is 23.9 Å². The molecule has 0 saturated carbocycles. The molecule has 1 aromatic carbocycles. The third-order valence-corrected chi connectivity index (χ3v) is 3.77. The Morgan fingerprint density at radius 3 is 2.27 bits per heavy atom. The van der Waals surface area contributed by atoms with Crippen LogP contribution in [0.4, 0.5) is 5.69 Å². The summed E-state index contributed by atoms with van der Waals surface area (Å²) in [5.41, 5.74) is -0.651. The molecule has 0 radical (unpaired) electrons. The number of benzene rings is 1. The minimum absolute atomic E-state index is 0.00973. The first-order chi connectivity index (χ1) is 11.8. The summed E-state index contributed by atoms with van der Waals surface area (Å²) in [6.07, 6.45) is 1.19. The molecule has 0 saturated heterocycles. The second kappa shape index (κ2) is 8.31. The summed E-state index contributed by atoms with van der Waals surface area (Å²) >= 11 is 0. The van der Waals surface area contributed by atoms with Crippen molar-refractivity contribution >= 4 is 33.4 Å². The fourth-order valence-corrected chi connectivity index (χ4v) is 2.29. The number of amides is 1. The molecule has 1 rings (SSSR count). The van der Waals surface area contributed by atoms with Crippen molar-refractivity contribution in [3.63, 3.8) is 0 Å². The van der Waals surface area contributed by atoms with Crippen molar-refractivity contribution in [1.29, 1.82) is 0 Å². The Balaban J connectivity index is 3.15. The van der Waals surface area contributed by atoms with Gasteiger partial charge in [-0.05, 0) is 39.0 Å². The highest BCUT2D eigenvalue weighted by Gasteiger charge is 2.25. The predicted molar refractivity (Wildman–Crippen MR) is 97.6 cm³/mol. The maximum atomic E-state index is 12.2. The molecule has 2 N–H and O–H groups in total. The van der Waals surface area contributed by atoms with E-state index in [4.69, 9.17) is 4.74 Å². The fourth-order valence-electron chi connectivity index (χ4n) is 1.73. The van der Waals surface area contributed by atoms with Crippen LogP contribution in [0.5, 0.6) is 5.75 Å². The van der Waals surface area contributed by atoms with E-state index in [2.05, 4.69) is 10.0 Å². The van der Waals surface area contributed by atoms with Gasteiger partial charge in [-0.2, -0.15) is 0 Å². The summed E-state index contributed by atoms with van der Waals surface area (Å²) in [6, 6.07) is 4.01. The van der Waals surface area contributed by atoms with Crippen molar-refractivity contribution < 1.29 is 27.5 Å². The molecule has 0 bridgehead atoms. The highest BCUT2D eigenvalue weighted by atomic mass is 32.2. The van der Waals surface area contributed by atoms with E-state index in [1.54, 1.807) is 27.7 Å². The first kappa shape index (κ1) is 21.6. The normalized spacial score (nSPS) is 11.6. The van der Waals surface area contributed by atoms with Crippen LogP contribution in [-0.4, -0.2) is 38.9 Å². The minimum Gasteiger partial charge on any atom is -0.424 e. The lowest BCUT2D eigenvalue weighted by atomic mass is 9.97.